The Hall–Kier alpha value is -3.01. The molecular weight excluding hydrogens is 474 g/mol. The zero-order chi connectivity index (χ0) is 23.6. The average Bonchev–Trinajstić information content (AvgIpc) is 2.81. The predicted octanol–water partition coefficient (Wildman–Crippen LogP) is 4.63. The van der Waals surface area contributed by atoms with Gasteiger partial charge in [0, 0.05) is 12.1 Å². The van der Waals surface area contributed by atoms with Gasteiger partial charge in [0.25, 0.3) is 15.9 Å². The zero-order valence-corrected chi connectivity index (χ0v) is 18.7. The van der Waals surface area contributed by atoms with Crippen molar-refractivity contribution >= 4 is 33.2 Å². The summed E-state index contributed by atoms with van der Waals surface area (Å²) in [5, 5.41) is 0.100. The Morgan fingerprint density at radius 2 is 1.64 bits per heavy atom. The number of benzene rings is 3. The molecule has 0 aromatic heterocycles. The van der Waals surface area contributed by atoms with Gasteiger partial charge in [-0.2, -0.15) is 0 Å². The van der Waals surface area contributed by atoms with E-state index in [1.165, 1.54) is 30.3 Å². The summed E-state index contributed by atoms with van der Waals surface area (Å²) in [6, 6.07) is 14.5. The summed E-state index contributed by atoms with van der Waals surface area (Å²) in [5.41, 5.74) is 1.00. The number of carbonyl (C=O) groups excluding carboxylic acids is 1. The molecule has 1 unspecified atom stereocenters. The summed E-state index contributed by atoms with van der Waals surface area (Å²) in [6.07, 6.45) is -0.410. The van der Waals surface area contributed by atoms with Gasteiger partial charge in [-0.25, -0.2) is 17.2 Å². The van der Waals surface area contributed by atoms with E-state index >= 15 is 0 Å². The second-order valence-electron chi connectivity index (χ2n) is 7.42. The highest BCUT2D eigenvalue weighted by molar-refractivity contribution is 7.92. The molecule has 3 aromatic carbocycles. The number of halogens is 3. The van der Waals surface area contributed by atoms with Crippen LogP contribution in [0.15, 0.2) is 71.6 Å². The number of sulfonamides is 1. The fourth-order valence-corrected chi connectivity index (χ4v) is 4.74. The lowest BCUT2D eigenvalue weighted by Crippen LogP contribution is -2.42. The number of rotatable bonds is 5. The van der Waals surface area contributed by atoms with Crippen molar-refractivity contribution in [3.05, 3.63) is 94.5 Å². The summed E-state index contributed by atoms with van der Waals surface area (Å²) >= 11 is 6.16. The van der Waals surface area contributed by atoms with Gasteiger partial charge in [0.05, 0.1) is 28.8 Å². The Kier molecular flexibility index (Phi) is 6.64. The molecule has 1 aliphatic heterocycles. The van der Waals surface area contributed by atoms with Crippen LogP contribution in [0.2, 0.25) is 5.02 Å². The smallest absolute Gasteiger partial charge is 0.261 e. The largest absolute Gasteiger partial charge is 0.370 e. The fraction of sp³-hybridized carbons (Fsp3) is 0.174. The number of amides is 1. The molecule has 1 amide bonds. The second kappa shape index (κ2) is 9.46. The number of nitrogens with one attached hydrogen (secondary N) is 1. The number of carbonyl (C=O) groups is 1. The van der Waals surface area contributed by atoms with E-state index in [1.54, 1.807) is 17.0 Å². The molecule has 6 nitrogen and oxygen atoms in total. The van der Waals surface area contributed by atoms with Gasteiger partial charge in [-0.1, -0.05) is 23.7 Å². The maximum Gasteiger partial charge on any atom is 0.261 e. The van der Waals surface area contributed by atoms with Crippen molar-refractivity contribution in [1.29, 1.82) is 0 Å². The molecule has 1 aliphatic rings. The van der Waals surface area contributed by atoms with Gasteiger partial charge < -0.3 is 9.64 Å². The molecule has 1 atom stereocenters. The van der Waals surface area contributed by atoms with E-state index in [0.717, 1.165) is 29.8 Å². The first kappa shape index (κ1) is 23.2. The lowest BCUT2D eigenvalue weighted by molar-refractivity contribution is -0.0228. The van der Waals surface area contributed by atoms with Crippen molar-refractivity contribution in [1.82, 2.24) is 4.90 Å². The van der Waals surface area contributed by atoms with Gasteiger partial charge in [0.2, 0.25) is 0 Å². The van der Waals surface area contributed by atoms with E-state index in [1.807, 2.05) is 0 Å². The van der Waals surface area contributed by atoms with Crippen LogP contribution in [-0.4, -0.2) is 38.9 Å². The molecule has 1 heterocycles. The van der Waals surface area contributed by atoms with Crippen molar-refractivity contribution in [2.75, 3.05) is 24.4 Å². The number of morpholine rings is 1. The molecule has 1 fully saturated rings. The molecule has 0 bridgehead atoms. The summed E-state index contributed by atoms with van der Waals surface area (Å²) < 4.78 is 59.7. The maximum absolute atomic E-state index is 13.2. The lowest BCUT2D eigenvalue weighted by Gasteiger charge is -2.33. The van der Waals surface area contributed by atoms with Gasteiger partial charge in [0.1, 0.15) is 17.7 Å². The average molecular weight is 493 g/mol. The third-order valence-electron chi connectivity index (χ3n) is 5.18. The van der Waals surface area contributed by atoms with Gasteiger partial charge in [0.15, 0.2) is 0 Å². The van der Waals surface area contributed by atoms with Crippen LogP contribution < -0.4 is 4.72 Å². The van der Waals surface area contributed by atoms with E-state index in [2.05, 4.69) is 4.72 Å². The SMILES string of the molecule is O=C(c1ccc(Cl)c(NS(=O)(=O)c2ccc(F)cc2)c1)N1CCOC(c2ccc(F)cc2)C1. The van der Waals surface area contributed by atoms with Crippen LogP contribution in [-0.2, 0) is 14.8 Å². The van der Waals surface area contributed by atoms with Crippen LogP contribution in [0.25, 0.3) is 0 Å². The first-order valence-electron chi connectivity index (χ1n) is 9.97. The molecule has 172 valence electrons. The number of anilines is 1. The van der Waals surface area contributed by atoms with Crippen molar-refractivity contribution < 1.29 is 26.7 Å². The van der Waals surface area contributed by atoms with Crippen molar-refractivity contribution in [3.63, 3.8) is 0 Å². The molecular formula is C23H19ClF2N2O4S. The molecule has 1 N–H and O–H groups in total. The lowest BCUT2D eigenvalue weighted by atomic mass is 10.1. The van der Waals surface area contributed by atoms with E-state index in [0.29, 0.717) is 13.2 Å². The highest BCUT2D eigenvalue weighted by Crippen LogP contribution is 2.28. The highest BCUT2D eigenvalue weighted by atomic mass is 35.5. The predicted molar refractivity (Wildman–Crippen MR) is 120 cm³/mol. The summed E-state index contributed by atoms with van der Waals surface area (Å²) in [4.78, 5) is 14.6. The number of nitrogens with zero attached hydrogens (tertiary/aromatic N) is 1. The second-order valence-corrected chi connectivity index (χ2v) is 9.51. The third kappa shape index (κ3) is 5.32. The van der Waals surface area contributed by atoms with E-state index in [4.69, 9.17) is 16.3 Å². The summed E-state index contributed by atoms with van der Waals surface area (Å²) in [5.74, 6) is -1.26. The van der Waals surface area contributed by atoms with Crippen LogP contribution in [0.5, 0.6) is 0 Å². The molecule has 33 heavy (non-hydrogen) atoms. The van der Waals surface area contributed by atoms with Crippen LogP contribution in [0.1, 0.15) is 22.0 Å². The normalized spacial score (nSPS) is 16.5. The van der Waals surface area contributed by atoms with Crippen LogP contribution in [0, 0.1) is 11.6 Å². The minimum absolute atomic E-state index is 0.0233. The van der Waals surface area contributed by atoms with E-state index in [9.17, 15) is 22.0 Å². The van der Waals surface area contributed by atoms with Gasteiger partial charge in [-0.3, -0.25) is 9.52 Å². The van der Waals surface area contributed by atoms with Crippen molar-refractivity contribution in [3.8, 4) is 0 Å². The fourth-order valence-electron chi connectivity index (χ4n) is 3.45. The minimum atomic E-state index is -4.04. The molecule has 10 heteroatoms. The molecule has 0 saturated carbocycles. The molecule has 0 radical (unpaired) electrons. The monoisotopic (exact) mass is 492 g/mol. The number of hydrogen-bond donors (Lipinski definition) is 1. The minimum Gasteiger partial charge on any atom is -0.370 e. The Balaban J connectivity index is 1.53. The Labute approximate surface area is 194 Å². The number of ether oxygens (including phenoxy) is 1. The highest BCUT2D eigenvalue weighted by Gasteiger charge is 2.27. The summed E-state index contributed by atoms with van der Waals surface area (Å²) in [6.45, 7) is 0.894. The van der Waals surface area contributed by atoms with Crippen LogP contribution >= 0.6 is 11.6 Å². The van der Waals surface area contributed by atoms with Crippen LogP contribution in [0.4, 0.5) is 14.5 Å². The summed E-state index contributed by atoms with van der Waals surface area (Å²) in [7, 11) is -4.04. The van der Waals surface area contributed by atoms with E-state index < -0.39 is 21.9 Å². The van der Waals surface area contributed by atoms with Gasteiger partial charge >= 0.3 is 0 Å². The molecule has 1 saturated heterocycles. The maximum atomic E-state index is 13.2. The topological polar surface area (TPSA) is 75.7 Å². The van der Waals surface area contributed by atoms with Crippen LogP contribution in [0.3, 0.4) is 0 Å². The number of hydrogen-bond acceptors (Lipinski definition) is 4. The quantitative estimate of drug-likeness (QED) is 0.563. The van der Waals surface area contributed by atoms with Gasteiger partial charge in [-0.05, 0) is 60.2 Å². The molecule has 3 aromatic rings. The first-order valence-corrected chi connectivity index (χ1v) is 11.8. The first-order chi connectivity index (χ1) is 15.7. The van der Waals surface area contributed by atoms with Crippen molar-refractivity contribution in [2.45, 2.75) is 11.0 Å². The Bertz CT molecular complexity index is 1270. The molecule has 0 spiro atoms. The van der Waals surface area contributed by atoms with Crippen molar-refractivity contribution in [2.24, 2.45) is 0 Å². The standard InChI is InChI=1S/C23H19ClF2N2O4S/c24-20-10-3-16(13-21(20)27-33(30,31)19-8-6-18(26)7-9-19)23(29)28-11-12-32-22(14-28)15-1-4-17(25)5-2-15/h1-10,13,22,27H,11-12,14H2. The zero-order valence-electron chi connectivity index (χ0n) is 17.2. The molecule has 0 aliphatic carbocycles. The van der Waals surface area contributed by atoms with Gasteiger partial charge in [-0.15, -0.1) is 0 Å². The van der Waals surface area contributed by atoms with E-state index in [-0.39, 0.29) is 39.4 Å². The Morgan fingerprint density at radius 3 is 2.30 bits per heavy atom. The Morgan fingerprint density at radius 1 is 1.00 bits per heavy atom. The third-order valence-corrected chi connectivity index (χ3v) is 6.89. The molecule has 4 rings (SSSR count).